The van der Waals surface area contributed by atoms with Crippen LogP contribution in [0.3, 0.4) is 0 Å². The number of benzene rings is 3. The lowest BCUT2D eigenvalue weighted by atomic mass is 9.92. The molecule has 0 spiro atoms. The second-order valence-electron chi connectivity index (χ2n) is 5.74. The van der Waals surface area contributed by atoms with Crippen LogP contribution in [-0.4, -0.2) is 11.1 Å². The molecule has 0 unspecified atom stereocenters. The van der Waals surface area contributed by atoms with E-state index in [9.17, 15) is 9.90 Å². The van der Waals surface area contributed by atoms with E-state index >= 15 is 0 Å². The Kier molecular flexibility index (Phi) is 2.95. The third-order valence-corrected chi connectivity index (χ3v) is 4.45. The summed E-state index contributed by atoms with van der Waals surface area (Å²) in [4.78, 5) is 11.7. The van der Waals surface area contributed by atoms with Crippen molar-refractivity contribution in [2.45, 2.75) is 6.42 Å². The Labute approximate surface area is 134 Å². The summed E-state index contributed by atoms with van der Waals surface area (Å²) in [6.45, 7) is 0. The number of carboxylic acid groups (broad SMARTS) is 1. The van der Waals surface area contributed by atoms with Crippen LogP contribution in [0.2, 0.25) is 0 Å². The molecule has 112 valence electrons. The second kappa shape index (κ2) is 4.99. The molecule has 0 atom stereocenters. The van der Waals surface area contributed by atoms with Gasteiger partial charge in [-0.3, -0.25) is 0 Å². The molecule has 3 nitrogen and oxygen atoms in total. The van der Waals surface area contributed by atoms with Gasteiger partial charge >= 0.3 is 5.97 Å². The molecular formula is C20H15NO2. The van der Waals surface area contributed by atoms with Crippen molar-refractivity contribution in [3.63, 3.8) is 0 Å². The summed E-state index contributed by atoms with van der Waals surface area (Å²) in [7, 11) is 0. The molecule has 3 heteroatoms. The summed E-state index contributed by atoms with van der Waals surface area (Å²) in [5.74, 6) is -0.994. The highest BCUT2D eigenvalue weighted by molar-refractivity contribution is 6.02. The molecule has 0 radical (unpaired) electrons. The Morgan fingerprint density at radius 3 is 2.22 bits per heavy atom. The zero-order valence-electron chi connectivity index (χ0n) is 12.4. The molecule has 0 saturated carbocycles. The van der Waals surface area contributed by atoms with Crippen molar-refractivity contribution < 1.29 is 9.90 Å². The minimum atomic E-state index is -0.994. The van der Waals surface area contributed by atoms with E-state index in [4.69, 9.17) is 5.73 Å². The van der Waals surface area contributed by atoms with Crippen LogP contribution in [0.5, 0.6) is 0 Å². The summed E-state index contributed by atoms with van der Waals surface area (Å²) in [5, 5.41) is 9.55. The van der Waals surface area contributed by atoms with E-state index in [1.54, 1.807) is 12.1 Å². The summed E-state index contributed by atoms with van der Waals surface area (Å²) in [6, 6.07) is 19.6. The normalized spacial score (nSPS) is 11.8. The van der Waals surface area contributed by atoms with Gasteiger partial charge in [0, 0.05) is 5.69 Å². The highest BCUT2D eigenvalue weighted by Crippen LogP contribution is 2.42. The maximum absolute atomic E-state index is 11.7. The van der Waals surface area contributed by atoms with Crippen molar-refractivity contribution in [1.29, 1.82) is 0 Å². The fourth-order valence-corrected chi connectivity index (χ4v) is 3.44. The van der Waals surface area contributed by atoms with E-state index < -0.39 is 5.97 Å². The van der Waals surface area contributed by atoms with Crippen LogP contribution in [0.4, 0.5) is 5.69 Å². The molecular weight excluding hydrogens is 286 g/mol. The maximum Gasteiger partial charge on any atom is 0.338 e. The molecule has 0 bridgehead atoms. The van der Waals surface area contributed by atoms with Crippen LogP contribution in [0.15, 0.2) is 60.7 Å². The van der Waals surface area contributed by atoms with Crippen molar-refractivity contribution >= 4 is 11.7 Å². The third kappa shape index (κ3) is 2.01. The van der Waals surface area contributed by atoms with E-state index in [1.807, 2.05) is 30.3 Å². The van der Waals surface area contributed by atoms with Crippen LogP contribution in [0.1, 0.15) is 21.5 Å². The molecule has 0 fully saturated rings. The Hall–Kier alpha value is -3.07. The lowest BCUT2D eigenvalue weighted by molar-refractivity contribution is 0.0699. The maximum atomic E-state index is 11.7. The zero-order chi connectivity index (χ0) is 16.0. The molecule has 0 amide bonds. The van der Waals surface area contributed by atoms with Gasteiger partial charge in [0.25, 0.3) is 0 Å². The monoisotopic (exact) mass is 301 g/mol. The van der Waals surface area contributed by atoms with E-state index in [2.05, 4.69) is 18.2 Å². The van der Waals surface area contributed by atoms with Gasteiger partial charge in [-0.15, -0.1) is 0 Å². The first-order valence-electron chi connectivity index (χ1n) is 7.49. The van der Waals surface area contributed by atoms with Gasteiger partial charge in [0.05, 0.1) is 5.56 Å². The van der Waals surface area contributed by atoms with Gasteiger partial charge in [-0.05, 0) is 45.9 Å². The molecule has 3 aromatic carbocycles. The Balaban J connectivity index is 1.98. The molecule has 0 aliphatic heterocycles. The number of rotatable bonds is 2. The fraction of sp³-hybridized carbons (Fsp3) is 0.0500. The third-order valence-electron chi connectivity index (χ3n) is 4.45. The Bertz CT molecular complexity index is 944. The standard InChI is InChI=1S/C20H15NO2/c21-18-10-4-9-16(19(18)20(22)23)15-8-3-7-14-13-6-2-1-5-12(13)11-17(14)15/h1-10H,11,21H2,(H,22,23). The highest BCUT2D eigenvalue weighted by atomic mass is 16.4. The number of hydrogen-bond acceptors (Lipinski definition) is 2. The predicted molar refractivity (Wildman–Crippen MR) is 91.5 cm³/mol. The van der Waals surface area contributed by atoms with E-state index in [-0.39, 0.29) is 5.56 Å². The number of fused-ring (bicyclic) bond motifs is 3. The van der Waals surface area contributed by atoms with Gasteiger partial charge in [-0.1, -0.05) is 54.6 Å². The highest BCUT2D eigenvalue weighted by Gasteiger charge is 2.23. The lowest BCUT2D eigenvalue weighted by Gasteiger charge is -2.13. The van der Waals surface area contributed by atoms with Gasteiger partial charge in [0.15, 0.2) is 0 Å². The fourth-order valence-electron chi connectivity index (χ4n) is 3.44. The minimum Gasteiger partial charge on any atom is -0.478 e. The number of carboxylic acids is 1. The first-order valence-corrected chi connectivity index (χ1v) is 7.49. The molecule has 1 aliphatic carbocycles. The number of nitrogens with two attached hydrogens (primary N) is 1. The number of anilines is 1. The van der Waals surface area contributed by atoms with Crippen LogP contribution in [-0.2, 0) is 6.42 Å². The summed E-state index contributed by atoms with van der Waals surface area (Å²) in [6.07, 6.45) is 0.815. The topological polar surface area (TPSA) is 63.3 Å². The van der Waals surface area contributed by atoms with Crippen molar-refractivity contribution in [1.82, 2.24) is 0 Å². The van der Waals surface area contributed by atoms with Gasteiger partial charge in [-0.25, -0.2) is 4.79 Å². The van der Waals surface area contributed by atoms with Crippen LogP contribution in [0.25, 0.3) is 22.3 Å². The predicted octanol–water partition coefficient (Wildman–Crippen LogP) is 4.21. The van der Waals surface area contributed by atoms with Gasteiger partial charge in [-0.2, -0.15) is 0 Å². The quantitative estimate of drug-likeness (QED) is 0.545. The van der Waals surface area contributed by atoms with Crippen molar-refractivity contribution in [2.24, 2.45) is 0 Å². The molecule has 1 aliphatic rings. The molecule has 23 heavy (non-hydrogen) atoms. The second-order valence-corrected chi connectivity index (χ2v) is 5.74. The van der Waals surface area contributed by atoms with Gasteiger partial charge in [0.1, 0.15) is 0 Å². The summed E-state index contributed by atoms with van der Waals surface area (Å²) >= 11 is 0. The van der Waals surface area contributed by atoms with Crippen LogP contribution < -0.4 is 5.73 Å². The number of aromatic carboxylic acids is 1. The number of hydrogen-bond donors (Lipinski definition) is 2. The van der Waals surface area contributed by atoms with E-state index in [0.29, 0.717) is 11.3 Å². The average molecular weight is 301 g/mol. The van der Waals surface area contributed by atoms with Gasteiger partial charge in [0.2, 0.25) is 0 Å². The minimum absolute atomic E-state index is 0.178. The molecule has 0 heterocycles. The molecule has 0 aromatic heterocycles. The molecule has 3 N–H and O–H groups in total. The number of carbonyl (C=O) groups is 1. The molecule has 3 aromatic rings. The van der Waals surface area contributed by atoms with Crippen LogP contribution >= 0.6 is 0 Å². The van der Waals surface area contributed by atoms with E-state index in [1.165, 1.54) is 22.3 Å². The first-order chi connectivity index (χ1) is 11.2. The van der Waals surface area contributed by atoms with Crippen molar-refractivity contribution in [3.8, 4) is 22.3 Å². The number of nitrogen functional groups attached to an aromatic ring is 1. The lowest BCUT2D eigenvalue weighted by Crippen LogP contribution is -2.05. The molecule has 4 rings (SSSR count). The smallest absolute Gasteiger partial charge is 0.338 e. The Morgan fingerprint density at radius 2 is 1.43 bits per heavy atom. The largest absolute Gasteiger partial charge is 0.478 e. The average Bonchev–Trinajstić information content (AvgIpc) is 2.93. The van der Waals surface area contributed by atoms with Crippen molar-refractivity contribution in [2.75, 3.05) is 5.73 Å². The van der Waals surface area contributed by atoms with Gasteiger partial charge < -0.3 is 10.8 Å². The summed E-state index contributed by atoms with van der Waals surface area (Å²) < 4.78 is 0. The SMILES string of the molecule is Nc1cccc(-c2cccc3c2Cc2ccccc2-3)c1C(=O)O. The molecule has 0 saturated heterocycles. The summed E-state index contributed by atoms with van der Waals surface area (Å²) in [5.41, 5.74) is 12.9. The van der Waals surface area contributed by atoms with E-state index in [0.717, 1.165) is 12.0 Å². The van der Waals surface area contributed by atoms with Crippen molar-refractivity contribution in [3.05, 3.63) is 77.4 Å². The van der Waals surface area contributed by atoms with Crippen LogP contribution in [0, 0.1) is 0 Å². The Morgan fingerprint density at radius 1 is 0.826 bits per heavy atom. The first kappa shape index (κ1) is 13.6. The zero-order valence-corrected chi connectivity index (χ0v) is 12.4.